The van der Waals surface area contributed by atoms with Crippen molar-refractivity contribution in [2.75, 3.05) is 27.7 Å². The van der Waals surface area contributed by atoms with Gasteiger partial charge in [-0.2, -0.15) is 5.26 Å². The van der Waals surface area contributed by atoms with Crippen LogP contribution in [-0.2, 0) is 5.60 Å². The van der Waals surface area contributed by atoms with Crippen molar-refractivity contribution in [3.05, 3.63) is 107 Å². The maximum Gasteiger partial charge on any atom is 0.217 e. The van der Waals surface area contributed by atoms with Crippen molar-refractivity contribution in [2.45, 2.75) is 17.9 Å². The Labute approximate surface area is 220 Å². The molecule has 0 bridgehead atoms. The van der Waals surface area contributed by atoms with Crippen molar-refractivity contribution in [1.29, 1.82) is 5.26 Å². The van der Waals surface area contributed by atoms with Crippen molar-refractivity contribution in [3.8, 4) is 11.9 Å². The number of rotatable bonds is 8. The number of aromatic nitrogens is 1. The zero-order valence-electron chi connectivity index (χ0n) is 21.5. The molecule has 0 amide bonds. The predicted molar refractivity (Wildman–Crippen MR) is 145 cm³/mol. The van der Waals surface area contributed by atoms with Gasteiger partial charge in [-0.15, -0.1) is 0 Å². The summed E-state index contributed by atoms with van der Waals surface area (Å²) < 4.78 is 26.3. The summed E-state index contributed by atoms with van der Waals surface area (Å²) in [7, 11) is 5.40. The Morgan fingerprint density at radius 2 is 1.89 bits per heavy atom. The number of furan rings is 1. The third-order valence-corrected chi connectivity index (χ3v) is 6.99. The van der Waals surface area contributed by atoms with Crippen molar-refractivity contribution < 1.29 is 18.7 Å². The highest BCUT2D eigenvalue weighted by Gasteiger charge is 2.44. The van der Waals surface area contributed by atoms with Gasteiger partial charge in [-0.1, -0.05) is 30.3 Å². The van der Waals surface area contributed by atoms with E-state index in [2.05, 4.69) is 6.07 Å². The van der Waals surface area contributed by atoms with Crippen LogP contribution in [0.25, 0.3) is 21.9 Å². The lowest BCUT2D eigenvalue weighted by atomic mass is 9.71. The van der Waals surface area contributed by atoms with Crippen LogP contribution in [0.3, 0.4) is 0 Å². The molecular weight excluding hydrogens is 481 g/mol. The van der Waals surface area contributed by atoms with Gasteiger partial charge in [-0.3, -0.25) is 0 Å². The SMILES string of the molecule is COc1nc2ccc(C#N)cc2cc1C(c1cccc(F)c1)C(O)(CCN(C)C)c1cccc2ccoc12. The molecular formula is C31H28FN3O3. The summed E-state index contributed by atoms with van der Waals surface area (Å²) in [5, 5.41) is 23.9. The molecule has 0 saturated carbocycles. The van der Waals surface area contributed by atoms with Gasteiger partial charge in [0.1, 0.15) is 17.0 Å². The van der Waals surface area contributed by atoms with Crippen molar-refractivity contribution in [3.63, 3.8) is 0 Å². The Bertz CT molecular complexity index is 1660. The highest BCUT2D eigenvalue weighted by atomic mass is 19.1. The molecule has 6 nitrogen and oxygen atoms in total. The molecule has 0 aliphatic rings. The predicted octanol–water partition coefficient (Wildman–Crippen LogP) is 5.97. The summed E-state index contributed by atoms with van der Waals surface area (Å²) >= 11 is 0. The van der Waals surface area contributed by atoms with E-state index in [0.717, 1.165) is 5.39 Å². The summed E-state index contributed by atoms with van der Waals surface area (Å²) in [6.45, 7) is 0.543. The van der Waals surface area contributed by atoms with E-state index in [-0.39, 0.29) is 0 Å². The second kappa shape index (κ2) is 10.3. The van der Waals surface area contributed by atoms with E-state index in [0.29, 0.717) is 57.6 Å². The third-order valence-electron chi connectivity index (χ3n) is 6.99. The van der Waals surface area contributed by atoms with Gasteiger partial charge in [0, 0.05) is 34.4 Å². The number of halogens is 1. The van der Waals surface area contributed by atoms with E-state index < -0.39 is 17.3 Å². The van der Waals surface area contributed by atoms with E-state index >= 15 is 0 Å². The molecule has 3 aromatic carbocycles. The first-order valence-corrected chi connectivity index (χ1v) is 12.3. The Morgan fingerprint density at radius 1 is 1.08 bits per heavy atom. The fraction of sp³-hybridized carbons (Fsp3) is 0.226. The van der Waals surface area contributed by atoms with Crippen LogP contribution in [0, 0.1) is 17.1 Å². The molecule has 1 N–H and O–H groups in total. The Hall–Kier alpha value is -4.25. The number of ether oxygens (including phenoxy) is 1. The molecule has 192 valence electrons. The van der Waals surface area contributed by atoms with E-state index in [1.54, 1.807) is 36.6 Å². The van der Waals surface area contributed by atoms with Gasteiger partial charge in [0.25, 0.3) is 0 Å². The van der Waals surface area contributed by atoms with Crippen LogP contribution in [0.15, 0.2) is 83.5 Å². The lowest BCUT2D eigenvalue weighted by molar-refractivity contribution is 0.00435. The summed E-state index contributed by atoms with van der Waals surface area (Å²) in [6, 6.07) is 23.0. The minimum Gasteiger partial charge on any atom is -0.481 e. The maximum absolute atomic E-state index is 14.7. The van der Waals surface area contributed by atoms with Crippen molar-refractivity contribution >= 4 is 21.9 Å². The first-order chi connectivity index (χ1) is 18.3. The van der Waals surface area contributed by atoms with Gasteiger partial charge >= 0.3 is 0 Å². The topological polar surface area (TPSA) is 82.5 Å². The van der Waals surface area contributed by atoms with Gasteiger partial charge in [-0.25, -0.2) is 9.37 Å². The van der Waals surface area contributed by atoms with Crippen molar-refractivity contribution in [1.82, 2.24) is 9.88 Å². The normalized spacial score (nSPS) is 13.9. The molecule has 2 unspecified atom stereocenters. The summed E-state index contributed by atoms with van der Waals surface area (Å²) in [5.74, 6) is -0.893. The van der Waals surface area contributed by atoms with E-state index in [4.69, 9.17) is 14.1 Å². The Balaban J connectivity index is 1.85. The molecule has 2 aromatic heterocycles. The standard InChI is InChI=1S/C31H28FN3O3/c1-35(2)14-13-31(36,26-9-5-6-21-12-15-38-29(21)26)28(22-7-4-8-24(32)17-22)25-18-23-16-20(19-33)10-11-27(23)34-30(25)37-3/h4-12,15-18,28,36H,13-14H2,1-3H3. The lowest BCUT2D eigenvalue weighted by Crippen LogP contribution is -2.38. The molecule has 38 heavy (non-hydrogen) atoms. The number of nitrogens with zero attached hydrogens (tertiary/aromatic N) is 3. The number of aliphatic hydroxyl groups is 1. The molecule has 0 aliphatic carbocycles. The molecule has 2 heterocycles. The third kappa shape index (κ3) is 4.60. The van der Waals surface area contributed by atoms with Crippen LogP contribution in [0.5, 0.6) is 5.88 Å². The maximum atomic E-state index is 14.7. The molecule has 0 radical (unpaired) electrons. The zero-order valence-corrected chi connectivity index (χ0v) is 21.5. The quantitative estimate of drug-likeness (QED) is 0.277. The molecule has 0 aliphatic heterocycles. The number of fused-ring (bicyclic) bond motifs is 2. The van der Waals surface area contributed by atoms with Gasteiger partial charge in [0.2, 0.25) is 5.88 Å². The monoisotopic (exact) mass is 509 g/mol. The minimum atomic E-state index is -1.55. The number of para-hydroxylation sites is 1. The number of pyridine rings is 1. The van der Waals surface area contributed by atoms with Crippen molar-refractivity contribution in [2.24, 2.45) is 0 Å². The van der Waals surface area contributed by atoms with Gasteiger partial charge in [0.05, 0.1) is 30.5 Å². The van der Waals surface area contributed by atoms with Gasteiger partial charge in [-0.05, 0) is 68.5 Å². The van der Waals surface area contributed by atoms with Crippen LogP contribution in [0.4, 0.5) is 4.39 Å². The molecule has 0 saturated heterocycles. The Kier molecular flexibility index (Phi) is 6.85. The highest BCUT2D eigenvalue weighted by molar-refractivity contribution is 5.83. The number of hydrogen-bond acceptors (Lipinski definition) is 6. The lowest BCUT2D eigenvalue weighted by Gasteiger charge is -2.38. The average molecular weight is 510 g/mol. The first kappa shape index (κ1) is 25.4. The smallest absolute Gasteiger partial charge is 0.217 e. The Morgan fingerprint density at radius 3 is 2.63 bits per heavy atom. The summed E-state index contributed by atoms with van der Waals surface area (Å²) in [4.78, 5) is 6.71. The number of methoxy groups -OCH3 is 1. The first-order valence-electron chi connectivity index (χ1n) is 12.3. The van der Waals surface area contributed by atoms with Crippen LogP contribution >= 0.6 is 0 Å². The van der Waals surface area contributed by atoms with Crippen LogP contribution in [-0.4, -0.2) is 42.7 Å². The number of hydrogen-bond donors (Lipinski definition) is 1. The number of benzene rings is 3. The molecule has 5 aromatic rings. The highest BCUT2D eigenvalue weighted by Crippen LogP contribution is 2.49. The molecule has 5 rings (SSSR count). The largest absolute Gasteiger partial charge is 0.481 e. The molecule has 7 heteroatoms. The zero-order chi connectivity index (χ0) is 26.9. The molecule has 0 spiro atoms. The minimum absolute atomic E-state index is 0.306. The molecule has 0 fully saturated rings. The van der Waals surface area contributed by atoms with Gasteiger partial charge < -0.3 is 19.2 Å². The second-order valence-corrected chi connectivity index (χ2v) is 9.72. The van der Waals surface area contributed by atoms with E-state index in [1.165, 1.54) is 19.2 Å². The van der Waals surface area contributed by atoms with E-state index in [9.17, 15) is 14.8 Å². The fourth-order valence-electron chi connectivity index (χ4n) is 5.18. The van der Waals surface area contributed by atoms with Crippen LogP contribution in [0.1, 0.15) is 34.6 Å². The average Bonchev–Trinajstić information content (AvgIpc) is 3.40. The van der Waals surface area contributed by atoms with E-state index in [1.807, 2.05) is 49.3 Å². The number of nitriles is 1. The van der Waals surface area contributed by atoms with Gasteiger partial charge in [0.15, 0.2) is 0 Å². The fourth-order valence-corrected chi connectivity index (χ4v) is 5.18. The van der Waals surface area contributed by atoms with Crippen LogP contribution in [0.2, 0.25) is 0 Å². The summed E-state index contributed by atoms with van der Waals surface area (Å²) in [6.07, 6.45) is 1.90. The van der Waals surface area contributed by atoms with Crippen LogP contribution < -0.4 is 4.74 Å². The second-order valence-electron chi connectivity index (χ2n) is 9.72. The summed E-state index contributed by atoms with van der Waals surface area (Å²) in [5.41, 5.74) is 1.87. The molecule has 2 atom stereocenters.